The Labute approximate surface area is 119 Å². The number of aromatic nitrogens is 2. The standard InChI is InChI=1S/C14H12F3N3O/c1-9(8-21)12-6-19-13(7-18-12)20-11-4-2-10(3-5-11)14(15,16)17/h2-9H,1H3,(H,19,20). The van der Waals surface area contributed by atoms with Crippen LogP contribution in [0, 0.1) is 0 Å². The number of hydrogen-bond donors (Lipinski definition) is 1. The molecule has 21 heavy (non-hydrogen) atoms. The number of alkyl halides is 3. The molecule has 1 atom stereocenters. The highest BCUT2D eigenvalue weighted by Gasteiger charge is 2.29. The number of carbonyl (C=O) groups excluding carboxylic acids is 1. The fourth-order valence-corrected chi connectivity index (χ4v) is 1.60. The van der Waals surface area contributed by atoms with E-state index in [2.05, 4.69) is 15.3 Å². The maximum atomic E-state index is 12.4. The smallest absolute Gasteiger partial charge is 0.339 e. The second kappa shape index (κ2) is 5.90. The molecule has 110 valence electrons. The second-order valence-electron chi connectivity index (χ2n) is 4.45. The molecule has 0 aliphatic carbocycles. The number of rotatable bonds is 4. The van der Waals surface area contributed by atoms with Crippen molar-refractivity contribution in [3.05, 3.63) is 47.9 Å². The summed E-state index contributed by atoms with van der Waals surface area (Å²) >= 11 is 0. The van der Waals surface area contributed by atoms with Gasteiger partial charge in [-0.05, 0) is 24.3 Å². The van der Waals surface area contributed by atoms with E-state index in [4.69, 9.17) is 0 Å². The molecule has 1 aromatic carbocycles. The third-order valence-electron chi connectivity index (χ3n) is 2.83. The van der Waals surface area contributed by atoms with Crippen LogP contribution in [0.3, 0.4) is 0 Å². The highest BCUT2D eigenvalue weighted by Crippen LogP contribution is 2.30. The molecule has 0 saturated carbocycles. The molecule has 0 bridgehead atoms. The molecule has 0 saturated heterocycles. The van der Waals surface area contributed by atoms with Crippen molar-refractivity contribution < 1.29 is 18.0 Å². The molecule has 1 N–H and O–H groups in total. The Bertz CT molecular complexity index is 609. The van der Waals surface area contributed by atoms with Gasteiger partial charge in [0.05, 0.1) is 29.6 Å². The lowest BCUT2D eigenvalue weighted by Gasteiger charge is -2.09. The number of anilines is 2. The molecular weight excluding hydrogens is 283 g/mol. The van der Waals surface area contributed by atoms with Gasteiger partial charge < -0.3 is 10.1 Å². The average Bonchev–Trinajstić information content (AvgIpc) is 2.47. The molecule has 1 unspecified atom stereocenters. The number of nitrogens with one attached hydrogen (secondary N) is 1. The largest absolute Gasteiger partial charge is 0.416 e. The number of nitrogens with zero attached hydrogens (tertiary/aromatic N) is 2. The van der Waals surface area contributed by atoms with Gasteiger partial charge in [-0.25, -0.2) is 4.98 Å². The number of halogens is 3. The van der Waals surface area contributed by atoms with Gasteiger partial charge in [0.15, 0.2) is 0 Å². The van der Waals surface area contributed by atoms with E-state index in [0.29, 0.717) is 17.2 Å². The Morgan fingerprint density at radius 2 is 1.81 bits per heavy atom. The molecule has 0 spiro atoms. The van der Waals surface area contributed by atoms with Gasteiger partial charge in [0, 0.05) is 5.69 Å². The van der Waals surface area contributed by atoms with Gasteiger partial charge in [-0.15, -0.1) is 0 Å². The third-order valence-corrected chi connectivity index (χ3v) is 2.83. The lowest BCUT2D eigenvalue weighted by molar-refractivity contribution is -0.137. The fraction of sp³-hybridized carbons (Fsp3) is 0.214. The molecular formula is C14H12F3N3O. The number of benzene rings is 1. The Morgan fingerprint density at radius 3 is 2.29 bits per heavy atom. The molecule has 7 heteroatoms. The van der Waals surface area contributed by atoms with Gasteiger partial charge in [-0.1, -0.05) is 6.92 Å². The Kier molecular flexibility index (Phi) is 4.21. The zero-order chi connectivity index (χ0) is 15.5. The zero-order valence-corrected chi connectivity index (χ0v) is 11.1. The molecule has 2 rings (SSSR count). The van der Waals surface area contributed by atoms with Crippen molar-refractivity contribution in [1.82, 2.24) is 9.97 Å². The normalized spacial score (nSPS) is 12.8. The first kappa shape index (κ1) is 15.0. The van der Waals surface area contributed by atoms with Crippen molar-refractivity contribution in [2.45, 2.75) is 19.0 Å². The topological polar surface area (TPSA) is 54.9 Å². The van der Waals surface area contributed by atoms with Crippen LogP contribution in [0.15, 0.2) is 36.7 Å². The lowest BCUT2D eigenvalue weighted by Crippen LogP contribution is -2.05. The van der Waals surface area contributed by atoms with Crippen molar-refractivity contribution in [1.29, 1.82) is 0 Å². The van der Waals surface area contributed by atoms with Crippen molar-refractivity contribution in [2.24, 2.45) is 0 Å². The molecule has 0 aliphatic rings. The maximum Gasteiger partial charge on any atom is 0.416 e. The van der Waals surface area contributed by atoms with Crippen LogP contribution in [0.25, 0.3) is 0 Å². The van der Waals surface area contributed by atoms with E-state index in [1.165, 1.54) is 24.5 Å². The van der Waals surface area contributed by atoms with Gasteiger partial charge in [-0.3, -0.25) is 4.98 Å². The van der Waals surface area contributed by atoms with Crippen molar-refractivity contribution in [3.63, 3.8) is 0 Å². The molecule has 1 aromatic heterocycles. The monoisotopic (exact) mass is 295 g/mol. The van der Waals surface area contributed by atoms with Crippen LogP contribution >= 0.6 is 0 Å². The zero-order valence-electron chi connectivity index (χ0n) is 11.1. The van der Waals surface area contributed by atoms with E-state index in [9.17, 15) is 18.0 Å². The molecule has 0 aliphatic heterocycles. The number of aldehydes is 1. The number of hydrogen-bond acceptors (Lipinski definition) is 4. The molecule has 0 fully saturated rings. The highest BCUT2D eigenvalue weighted by atomic mass is 19.4. The van der Waals surface area contributed by atoms with E-state index in [1.54, 1.807) is 6.92 Å². The first-order valence-electron chi connectivity index (χ1n) is 6.11. The first-order valence-corrected chi connectivity index (χ1v) is 6.11. The fourth-order valence-electron chi connectivity index (χ4n) is 1.60. The SMILES string of the molecule is CC(C=O)c1cnc(Nc2ccc(C(F)(F)F)cc2)cn1. The van der Waals surface area contributed by atoms with Gasteiger partial charge in [0.2, 0.25) is 0 Å². The van der Waals surface area contributed by atoms with Crippen LogP contribution in [-0.4, -0.2) is 16.3 Å². The highest BCUT2D eigenvalue weighted by molar-refractivity contribution is 5.60. The summed E-state index contributed by atoms with van der Waals surface area (Å²) in [6.45, 7) is 1.69. The molecule has 1 heterocycles. The van der Waals surface area contributed by atoms with Gasteiger partial charge in [-0.2, -0.15) is 13.2 Å². The summed E-state index contributed by atoms with van der Waals surface area (Å²) in [7, 11) is 0. The summed E-state index contributed by atoms with van der Waals surface area (Å²) in [5, 5.41) is 2.84. The van der Waals surface area contributed by atoms with Crippen LogP contribution in [0.4, 0.5) is 24.7 Å². The Hall–Kier alpha value is -2.44. The average molecular weight is 295 g/mol. The van der Waals surface area contributed by atoms with E-state index in [-0.39, 0.29) is 5.92 Å². The third kappa shape index (κ3) is 3.77. The summed E-state index contributed by atoms with van der Waals surface area (Å²) < 4.78 is 37.3. The number of carbonyl (C=O) groups is 1. The van der Waals surface area contributed by atoms with E-state index in [1.807, 2.05) is 0 Å². The predicted octanol–water partition coefficient (Wildman–Crippen LogP) is 3.54. The first-order chi connectivity index (χ1) is 9.90. The Balaban J connectivity index is 2.09. The van der Waals surface area contributed by atoms with E-state index < -0.39 is 11.7 Å². The minimum absolute atomic E-state index is 0.349. The van der Waals surface area contributed by atoms with Crippen LogP contribution in [0.1, 0.15) is 24.1 Å². The minimum Gasteiger partial charge on any atom is -0.339 e. The molecule has 0 amide bonds. The van der Waals surface area contributed by atoms with Crippen molar-refractivity contribution >= 4 is 17.8 Å². The van der Waals surface area contributed by atoms with Crippen LogP contribution in [0.5, 0.6) is 0 Å². The van der Waals surface area contributed by atoms with Crippen LogP contribution in [0.2, 0.25) is 0 Å². The predicted molar refractivity (Wildman–Crippen MR) is 71.2 cm³/mol. The maximum absolute atomic E-state index is 12.4. The summed E-state index contributed by atoms with van der Waals surface area (Å²) in [6, 6.07) is 4.59. The molecule has 2 aromatic rings. The van der Waals surface area contributed by atoms with E-state index >= 15 is 0 Å². The minimum atomic E-state index is -4.36. The summed E-state index contributed by atoms with van der Waals surface area (Å²) in [5.74, 6) is 0.0363. The summed E-state index contributed by atoms with van der Waals surface area (Å²) in [4.78, 5) is 18.7. The van der Waals surface area contributed by atoms with Crippen molar-refractivity contribution in [3.8, 4) is 0 Å². The lowest BCUT2D eigenvalue weighted by atomic mass is 10.1. The van der Waals surface area contributed by atoms with Gasteiger partial charge >= 0.3 is 6.18 Å². The van der Waals surface area contributed by atoms with Gasteiger partial charge in [0.1, 0.15) is 12.1 Å². The van der Waals surface area contributed by atoms with Crippen molar-refractivity contribution in [2.75, 3.05) is 5.32 Å². The molecule has 0 radical (unpaired) electrons. The summed E-state index contributed by atoms with van der Waals surface area (Å²) in [5.41, 5.74) is 0.283. The van der Waals surface area contributed by atoms with Gasteiger partial charge in [0.25, 0.3) is 0 Å². The van der Waals surface area contributed by atoms with Crippen LogP contribution < -0.4 is 5.32 Å². The quantitative estimate of drug-likeness (QED) is 0.877. The summed E-state index contributed by atoms with van der Waals surface area (Å²) in [6.07, 6.45) is -0.726. The Morgan fingerprint density at radius 1 is 1.14 bits per heavy atom. The second-order valence-corrected chi connectivity index (χ2v) is 4.45. The molecule has 4 nitrogen and oxygen atoms in total. The van der Waals surface area contributed by atoms with E-state index in [0.717, 1.165) is 18.4 Å². The van der Waals surface area contributed by atoms with Crippen LogP contribution in [-0.2, 0) is 11.0 Å².